The molecule has 0 spiro atoms. The number of amides is 1. The molecule has 6 nitrogen and oxygen atoms in total. The highest BCUT2D eigenvalue weighted by atomic mass is 16.5. The zero-order chi connectivity index (χ0) is 11.7. The SMILES string of the molecule is CCOC(=O)/C=C(\N)CCOC(=O)NC. The van der Waals surface area contributed by atoms with Gasteiger partial charge in [-0.15, -0.1) is 0 Å². The lowest BCUT2D eigenvalue weighted by Gasteiger charge is -2.03. The summed E-state index contributed by atoms with van der Waals surface area (Å²) in [7, 11) is 1.46. The van der Waals surface area contributed by atoms with Gasteiger partial charge in [-0.2, -0.15) is 0 Å². The fourth-order valence-corrected chi connectivity index (χ4v) is 0.741. The second-order valence-corrected chi connectivity index (χ2v) is 2.61. The van der Waals surface area contributed by atoms with Crippen molar-refractivity contribution >= 4 is 12.1 Å². The van der Waals surface area contributed by atoms with Crippen LogP contribution in [0.5, 0.6) is 0 Å². The van der Waals surface area contributed by atoms with E-state index in [4.69, 9.17) is 5.73 Å². The van der Waals surface area contributed by atoms with E-state index in [1.54, 1.807) is 6.92 Å². The van der Waals surface area contributed by atoms with Gasteiger partial charge in [-0.3, -0.25) is 0 Å². The van der Waals surface area contributed by atoms with Crippen LogP contribution >= 0.6 is 0 Å². The van der Waals surface area contributed by atoms with E-state index in [1.807, 2.05) is 0 Å². The van der Waals surface area contributed by atoms with Crippen molar-refractivity contribution in [2.45, 2.75) is 13.3 Å². The number of esters is 1. The number of nitrogens with two attached hydrogens (primary N) is 1. The lowest BCUT2D eigenvalue weighted by molar-refractivity contribution is -0.137. The standard InChI is InChI=1S/C9H16N2O4/c1-3-14-8(12)6-7(10)4-5-15-9(13)11-2/h6H,3-5,10H2,1-2H3,(H,11,13)/b7-6-. The molecule has 15 heavy (non-hydrogen) atoms. The Morgan fingerprint density at radius 1 is 1.40 bits per heavy atom. The van der Waals surface area contributed by atoms with Crippen molar-refractivity contribution in [2.24, 2.45) is 5.73 Å². The molecule has 0 unspecified atom stereocenters. The molecule has 0 fully saturated rings. The van der Waals surface area contributed by atoms with Crippen molar-refractivity contribution in [1.82, 2.24) is 5.32 Å². The van der Waals surface area contributed by atoms with E-state index >= 15 is 0 Å². The number of carbonyl (C=O) groups excluding carboxylic acids is 2. The van der Waals surface area contributed by atoms with Gasteiger partial charge in [0.1, 0.15) is 0 Å². The van der Waals surface area contributed by atoms with Crippen LogP contribution in [0.2, 0.25) is 0 Å². The van der Waals surface area contributed by atoms with Crippen LogP contribution in [0.3, 0.4) is 0 Å². The summed E-state index contributed by atoms with van der Waals surface area (Å²) in [5.41, 5.74) is 5.80. The molecule has 0 heterocycles. The molecule has 0 aromatic heterocycles. The summed E-state index contributed by atoms with van der Waals surface area (Å²) in [4.78, 5) is 21.5. The molecule has 0 aliphatic carbocycles. The molecular formula is C9H16N2O4. The molecule has 1 amide bonds. The molecule has 3 N–H and O–H groups in total. The van der Waals surface area contributed by atoms with Crippen molar-refractivity contribution < 1.29 is 19.1 Å². The van der Waals surface area contributed by atoms with Crippen molar-refractivity contribution in [1.29, 1.82) is 0 Å². The Bertz CT molecular complexity index is 250. The molecule has 0 saturated carbocycles. The highest BCUT2D eigenvalue weighted by molar-refractivity contribution is 5.82. The maximum absolute atomic E-state index is 10.9. The summed E-state index contributed by atoms with van der Waals surface area (Å²) in [5, 5.41) is 2.29. The van der Waals surface area contributed by atoms with Crippen LogP contribution in [-0.2, 0) is 14.3 Å². The first-order valence-corrected chi connectivity index (χ1v) is 4.57. The predicted octanol–water partition coefficient (Wildman–Crippen LogP) is 0.138. The van der Waals surface area contributed by atoms with E-state index in [1.165, 1.54) is 13.1 Å². The summed E-state index contributed by atoms with van der Waals surface area (Å²) >= 11 is 0. The van der Waals surface area contributed by atoms with Gasteiger partial charge in [0.2, 0.25) is 0 Å². The third-order valence-corrected chi connectivity index (χ3v) is 1.42. The number of alkyl carbamates (subject to hydrolysis) is 1. The third kappa shape index (κ3) is 7.36. The van der Waals surface area contributed by atoms with Crippen molar-refractivity contribution in [3.8, 4) is 0 Å². The van der Waals surface area contributed by atoms with Crippen LogP contribution < -0.4 is 11.1 Å². The largest absolute Gasteiger partial charge is 0.463 e. The number of nitrogens with one attached hydrogen (secondary N) is 1. The Labute approximate surface area is 88.4 Å². The molecule has 0 aromatic carbocycles. The molecule has 0 bridgehead atoms. The molecule has 0 aromatic rings. The van der Waals surface area contributed by atoms with Crippen molar-refractivity contribution in [3.63, 3.8) is 0 Å². The van der Waals surface area contributed by atoms with Gasteiger partial charge in [-0.1, -0.05) is 0 Å². The average Bonchev–Trinajstić information content (AvgIpc) is 2.17. The Morgan fingerprint density at radius 2 is 2.07 bits per heavy atom. The number of carbonyl (C=O) groups is 2. The number of rotatable bonds is 5. The van der Waals surface area contributed by atoms with Gasteiger partial charge in [-0.25, -0.2) is 9.59 Å². The van der Waals surface area contributed by atoms with Crippen molar-refractivity contribution in [2.75, 3.05) is 20.3 Å². The number of ether oxygens (including phenoxy) is 2. The van der Waals surface area contributed by atoms with Crippen LogP contribution in [0.25, 0.3) is 0 Å². The maximum atomic E-state index is 10.9. The molecule has 0 aliphatic rings. The molecule has 0 saturated heterocycles. The monoisotopic (exact) mass is 216 g/mol. The highest BCUT2D eigenvalue weighted by Gasteiger charge is 2.01. The summed E-state index contributed by atoms with van der Waals surface area (Å²) in [5.74, 6) is -0.491. The van der Waals surface area contributed by atoms with Crippen molar-refractivity contribution in [3.05, 3.63) is 11.8 Å². The van der Waals surface area contributed by atoms with Crippen LogP contribution in [0.4, 0.5) is 4.79 Å². The quantitative estimate of drug-likeness (QED) is 0.504. The normalized spacial score (nSPS) is 10.7. The lowest BCUT2D eigenvalue weighted by Crippen LogP contribution is -2.20. The number of hydrogen-bond acceptors (Lipinski definition) is 5. The van der Waals surface area contributed by atoms with Crippen LogP contribution in [0, 0.1) is 0 Å². The fourth-order valence-electron chi connectivity index (χ4n) is 0.741. The Balaban J connectivity index is 3.77. The Morgan fingerprint density at radius 3 is 2.60 bits per heavy atom. The first kappa shape index (κ1) is 13.3. The summed E-state index contributed by atoms with van der Waals surface area (Å²) in [6.45, 7) is 2.13. The fraction of sp³-hybridized carbons (Fsp3) is 0.556. The van der Waals surface area contributed by atoms with E-state index in [0.29, 0.717) is 18.7 Å². The van der Waals surface area contributed by atoms with Crippen LogP contribution in [-0.4, -0.2) is 32.3 Å². The van der Waals surface area contributed by atoms with E-state index in [2.05, 4.69) is 14.8 Å². The van der Waals surface area contributed by atoms with Gasteiger partial charge in [0.25, 0.3) is 0 Å². The Kier molecular flexibility index (Phi) is 6.78. The smallest absolute Gasteiger partial charge is 0.406 e. The topological polar surface area (TPSA) is 90.7 Å². The van der Waals surface area contributed by atoms with E-state index < -0.39 is 12.1 Å². The minimum atomic E-state index is -0.529. The molecule has 0 aliphatic heterocycles. The zero-order valence-electron chi connectivity index (χ0n) is 8.91. The Hall–Kier alpha value is -1.72. The zero-order valence-corrected chi connectivity index (χ0v) is 8.91. The van der Waals surface area contributed by atoms with E-state index in [0.717, 1.165) is 0 Å². The molecule has 0 radical (unpaired) electrons. The van der Waals surface area contributed by atoms with Gasteiger partial charge in [-0.05, 0) is 6.92 Å². The lowest BCUT2D eigenvalue weighted by atomic mass is 10.3. The van der Waals surface area contributed by atoms with Crippen LogP contribution in [0.15, 0.2) is 11.8 Å². The molecule has 86 valence electrons. The average molecular weight is 216 g/mol. The third-order valence-electron chi connectivity index (χ3n) is 1.42. The minimum absolute atomic E-state index is 0.126. The van der Waals surface area contributed by atoms with Gasteiger partial charge in [0.05, 0.1) is 13.2 Å². The summed E-state index contributed by atoms with van der Waals surface area (Å²) in [6.07, 6.45) is 0.946. The second-order valence-electron chi connectivity index (χ2n) is 2.61. The maximum Gasteiger partial charge on any atom is 0.406 e. The van der Waals surface area contributed by atoms with Crippen LogP contribution in [0.1, 0.15) is 13.3 Å². The molecular weight excluding hydrogens is 200 g/mol. The minimum Gasteiger partial charge on any atom is -0.463 e. The number of hydrogen-bond donors (Lipinski definition) is 2. The molecule has 0 rings (SSSR count). The van der Waals surface area contributed by atoms with E-state index in [9.17, 15) is 9.59 Å². The van der Waals surface area contributed by atoms with Gasteiger partial charge < -0.3 is 20.5 Å². The van der Waals surface area contributed by atoms with E-state index in [-0.39, 0.29) is 6.61 Å². The van der Waals surface area contributed by atoms with Gasteiger partial charge in [0.15, 0.2) is 0 Å². The highest BCUT2D eigenvalue weighted by Crippen LogP contribution is 1.95. The molecule has 6 heteroatoms. The first-order chi connectivity index (χ1) is 7.10. The second kappa shape index (κ2) is 7.66. The summed E-state index contributed by atoms with van der Waals surface area (Å²) in [6, 6.07) is 0. The summed E-state index contributed by atoms with van der Waals surface area (Å²) < 4.78 is 9.33. The predicted molar refractivity (Wildman–Crippen MR) is 53.9 cm³/mol. The molecule has 0 atom stereocenters. The first-order valence-electron chi connectivity index (χ1n) is 4.57. The van der Waals surface area contributed by atoms with Gasteiger partial charge in [0, 0.05) is 25.2 Å². The van der Waals surface area contributed by atoms with Gasteiger partial charge >= 0.3 is 12.1 Å².